The predicted molar refractivity (Wildman–Crippen MR) is 101 cm³/mol. The highest BCUT2D eigenvalue weighted by atomic mass is 35.5. The number of anilines is 2. The number of rotatable bonds is 3. The highest BCUT2D eigenvalue weighted by molar-refractivity contribution is 6.31. The van der Waals surface area contributed by atoms with Gasteiger partial charge < -0.3 is 5.32 Å². The number of fused-ring (bicyclic) bond motifs is 1. The first kappa shape index (κ1) is 15.6. The van der Waals surface area contributed by atoms with Crippen LogP contribution in [0.4, 0.5) is 11.5 Å². The van der Waals surface area contributed by atoms with Crippen LogP contribution in [0.5, 0.6) is 0 Å². The van der Waals surface area contributed by atoms with Crippen LogP contribution in [0.15, 0.2) is 55.0 Å². The van der Waals surface area contributed by atoms with Gasteiger partial charge in [-0.2, -0.15) is 5.10 Å². The monoisotopic (exact) mass is 349 g/mol. The number of hydrogen-bond donors (Lipinski definition) is 1. The Bertz CT molecular complexity index is 1050. The smallest absolute Gasteiger partial charge is 0.168 e. The van der Waals surface area contributed by atoms with Crippen LogP contribution in [0.2, 0.25) is 5.02 Å². The molecule has 0 aliphatic carbocycles. The lowest BCUT2D eigenvalue weighted by atomic mass is 10.2. The molecule has 0 fully saturated rings. The van der Waals surface area contributed by atoms with E-state index in [-0.39, 0.29) is 0 Å². The maximum absolute atomic E-state index is 6.25. The lowest BCUT2D eigenvalue weighted by molar-refractivity contribution is 0.894. The fourth-order valence-electron chi connectivity index (χ4n) is 2.62. The number of aryl methyl sites for hydroxylation is 2. The van der Waals surface area contributed by atoms with Gasteiger partial charge in [0, 0.05) is 10.7 Å². The van der Waals surface area contributed by atoms with E-state index < -0.39 is 0 Å². The van der Waals surface area contributed by atoms with E-state index in [2.05, 4.69) is 39.4 Å². The van der Waals surface area contributed by atoms with Crippen molar-refractivity contribution < 1.29 is 0 Å². The fourth-order valence-corrected chi connectivity index (χ4v) is 2.79. The largest absolute Gasteiger partial charge is 0.340 e. The van der Waals surface area contributed by atoms with Gasteiger partial charge in [-0.05, 0) is 43.7 Å². The lowest BCUT2D eigenvalue weighted by Crippen LogP contribution is -2.00. The van der Waals surface area contributed by atoms with Gasteiger partial charge in [-0.25, -0.2) is 14.6 Å². The van der Waals surface area contributed by atoms with Gasteiger partial charge in [0.05, 0.1) is 17.3 Å². The van der Waals surface area contributed by atoms with Crippen LogP contribution in [-0.2, 0) is 0 Å². The first-order valence-electron chi connectivity index (χ1n) is 7.91. The second kappa shape index (κ2) is 6.18. The Morgan fingerprint density at radius 3 is 2.56 bits per heavy atom. The molecule has 2 aromatic heterocycles. The summed E-state index contributed by atoms with van der Waals surface area (Å²) in [6.45, 7) is 4.03. The summed E-state index contributed by atoms with van der Waals surface area (Å²) >= 11 is 6.25. The fraction of sp³-hybridized carbons (Fsp3) is 0.105. The average Bonchev–Trinajstić information content (AvgIpc) is 3.04. The van der Waals surface area contributed by atoms with Crippen molar-refractivity contribution in [3.63, 3.8) is 0 Å². The average molecular weight is 350 g/mol. The molecule has 2 aromatic carbocycles. The number of hydrogen-bond acceptors (Lipinski definition) is 4. The summed E-state index contributed by atoms with van der Waals surface area (Å²) in [6, 6.07) is 14.0. The van der Waals surface area contributed by atoms with E-state index in [4.69, 9.17) is 11.6 Å². The van der Waals surface area contributed by atoms with E-state index in [1.165, 1.54) is 11.9 Å². The van der Waals surface area contributed by atoms with Crippen LogP contribution >= 0.6 is 11.6 Å². The van der Waals surface area contributed by atoms with Crippen molar-refractivity contribution in [1.29, 1.82) is 0 Å². The van der Waals surface area contributed by atoms with E-state index in [1.54, 1.807) is 10.9 Å². The zero-order chi connectivity index (χ0) is 17.4. The van der Waals surface area contributed by atoms with E-state index in [0.717, 1.165) is 33.8 Å². The Morgan fingerprint density at radius 1 is 1.00 bits per heavy atom. The van der Waals surface area contributed by atoms with Crippen molar-refractivity contribution in [3.05, 3.63) is 71.1 Å². The minimum absolute atomic E-state index is 0.702. The van der Waals surface area contributed by atoms with E-state index in [9.17, 15) is 0 Å². The summed E-state index contributed by atoms with van der Waals surface area (Å²) in [6.07, 6.45) is 3.30. The molecule has 2 heterocycles. The maximum Gasteiger partial charge on any atom is 0.168 e. The van der Waals surface area contributed by atoms with Crippen molar-refractivity contribution in [2.75, 3.05) is 5.32 Å². The Labute approximate surface area is 150 Å². The Balaban J connectivity index is 1.77. The summed E-state index contributed by atoms with van der Waals surface area (Å²) in [7, 11) is 0. The quantitative estimate of drug-likeness (QED) is 0.575. The number of halogens is 1. The molecule has 4 aromatic rings. The first-order valence-corrected chi connectivity index (χ1v) is 8.28. The van der Waals surface area contributed by atoms with E-state index >= 15 is 0 Å². The molecular formula is C19H16ClN5. The maximum atomic E-state index is 6.25. The van der Waals surface area contributed by atoms with Crippen LogP contribution in [0.1, 0.15) is 11.1 Å². The molecule has 124 valence electrons. The van der Waals surface area contributed by atoms with Gasteiger partial charge in [-0.1, -0.05) is 35.4 Å². The van der Waals surface area contributed by atoms with Gasteiger partial charge in [0.2, 0.25) is 0 Å². The minimum Gasteiger partial charge on any atom is -0.340 e. The number of nitrogens with one attached hydrogen (secondary N) is 1. The second-order valence-electron chi connectivity index (χ2n) is 5.94. The molecular weight excluding hydrogens is 334 g/mol. The van der Waals surface area contributed by atoms with Crippen molar-refractivity contribution >= 4 is 34.1 Å². The molecule has 6 heteroatoms. The van der Waals surface area contributed by atoms with Gasteiger partial charge in [0.15, 0.2) is 5.65 Å². The molecule has 25 heavy (non-hydrogen) atoms. The Morgan fingerprint density at radius 2 is 1.80 bits per heavy atom. The lowest BCUT2D eigenvalue weighted by Gasteiger charge is -2.08. The molecule has 0 bridgehead atoms. The summed E-state index contributed by atoms with van der Waals surface area (Å²) in [5.74, 6) is 0.721. The van der Waals surface area contributed by atoms with Crippen molar-refractivity contribution in [1.82, 2.24) is 19.7 Å². The standard InChI is InChI=1S/C19H16ClN5/c1-12-3-6-14(7-4-12)24-18-16-10-23-25(19(16)22-11-21-18)15-8-5-13(2)17(20)9-15/h3-11H,1-2H3,(H,21,22,24). The van der Waals surface area contributed by atoms with Crippen LogP contribution in [0.25, 0.3) is 16.7 Å². The van der Waals surface area contributed by atoms with Crippen LogP contribution < -0.4 is 5.32 Å². The number of aromatic nitrogens is 4. The van der Waals surface area contributed by atoms with Crippen LogP contribution in [0, 0.1) is 13.8 Å². The topological polar surface area (TPSA) is 55.6 Å². The van der Waals surface area contributed by atoms with Crippen molar-refractivity contribution in [2.45, 2.75) is 13.8 Å². The summed E-state index contributed by atoms with van der Waals surface area (Å²) in [5.41, 5.74) is 4.80. The molecule has 5 nitrogen and oxygen atoms in total. The zero-order valence-electron chi connectivity index (χ0n) is 13.9. The SMILES string of the molecule is Cc1ccc(Nc2ncnc3c2cnn3-c2ccc(C)c(Cl)c2)cc1. The summed E-state index contributed by atoms with van der Waals surface area (Å²) < 4.78 is 1.77. The third kappa shape index (κ3) is 2.94. The second-order valence-corrected chi connectivity index (χ2v) is 6.35. The summed E-state index contributed by atoms with van der Waals surface area (Å²) in [4.78, 5) is 8.75. The van der Waals surface area contributed by atoms with Gasteiger partial charge in [0.25, 0.3) is 0 Å². The molecule has 0 saturated carbocycles. The third-order valence-corrected chi connectivity index (χ3v) is 4.49. The Hall–Kier alpha value is -2.92. The molecule has 1 N–H and O–H groups in total. The Kier molecular flexibility index (Phi) is 3.86. The molecule has 0 amide bonds. The van der Waals surface area contributed by atoms with E-state index in [0.29, 0.717) is 5.02 Å². The molecule has 0 atom stereocenters. The molecule has 0 spiro atoms. The van der Waals surface area contributed by atoms with Gasteiger partial charge in [-0.15, -0.1) is 0 Å². The highest BCUT2D eigenvalue weighted by Gasteiger charge is 2.12. The minimum atomic E-state index is 0.702. The van der Waals surface area contributed by atoms with Crippen LogP contribution in [-0.4, -0.2) is 19.7 Å². The number of nitrogens with zero attached hydrogens (tertiary/aromatic N) is 4. The molecule has 0 unspecified atom stereocenters. The molecule has 0 aliphatic rings. The number of benzene rings is 2. The normalized spacial score (nSPS) is 11.0. The van der Waals surface area contributed by atoms with Crippen molar-refractivity contribution in [3.8, 4) is 5.69 Å². The first-order chi connectivity index (χ1) is 12.1. The molecule has 0 aliphatic heterocycles. The predicted octanol–water partition coefficient (Wildman–Crippen LogP) is 4.83. The zero-order valence-corrected chi connectivity index (χ0v) is 14.6. The molecule has 4 rings (SSSR count). The van der Waals surface area contributed by atoms with E-state index in [1.807, 2.05) is 37.3 Å². The summed E-state index contributed by atoms with van der Waals surface area (Å²) in [5, 5.41) is 9.35. The molecule has 0 saturated heterocycles. The third-order valence-electron chi connectivity index (χ3n) is 4.08. The van der Waals surface area contributed by atoms with Gasteiger partial charge in [0.1, 0.15) is 12.1 Å². The van der Waals surface area contributed by atoms with Crippen molar-refractivity contribution in [2.24, 2.45) is 0 Å². The van der Waals surface area contributed by atoms with Gasteiger partial charge in [-0.3, -0.25) is 0 Å². The van der Waals surface area contributed by atoms with Crippen LogP contribution in [0.3, 0.4) is 0 Å². The van der Waals surface area contributed by atoms with Gasteiger partial charge >= 0.3 is 0 Å². The highest BCUT2D eigenvalue weighted by Crippen LogP contribution is 2.26. The molecule has 0 radical (unpaired) electrons.